The third-order valence-electron chi connectivity index (χ3n) is 3.89. The summed E-state index contributed by atoms with van der Waals surface area (Å²) in [5, 5.41) is 11.5. The minimum Gasteiger partial charge on any atom is -0.378 e. The zero-order chi connectivity index (χ0) is 17.1. The van der Waals surface area contributed by atoms with Crippen molar-refractivity contribution in [1.82, 2.24) is 0 Å². The van der Waals surface area contributed by atoms with E-state index in [4.69, 9.17) is 4.74 Å². The van der Waals surface area contributed by atoms with Crippen LogP contribution < -0.4 is 4.90 Å². The van der Waals surface area contributed by atoms with Crippen molar-refractivity contribution in [3.8, 4) is 0 Å². The summed E-state index contributed by atoms with van der Waals surface area (Å²) in [7, 11) is 0. The lowest BCUT2D eigenvalue weighted by molar-refractivity contribution is -0.384. The minimum atomic E-state index is -0.441. The first-order chi connectivity index (χ1) is 11.6. The summed E-state index contributed by atoms with van der Waals surface area (Å²) in [4.78, 5) is 25.5. The zero-order valence-electron chi connectivity index (χ0n) is 12.8. The number of hydrogen-bond acceptors (Lipinski definition) is 5. The molecule has 0 aromatic heterocycles. The van der Waals surface area contributed by atoms with Gasteiger partial charge >= 0.3 is 0 Å². The molecule has 124 valence electrons. The number of hydrogen-bond donors (Lipinski definition) is 0. The van der Waals surface area contributed by atoms with Crippen LogP contribution in [0.15, 0.2) is 46.9 Å². The number of nitro benzene ring substituents is 1. The zero-order valence-corrected chi connectivity index (χ0v) is 14.4. The standard InChI is InChI=1S/C17H15BrN2O4/c18-14-4-1-12(2-5-14)17(21)13-3-6-15(16(11-13)20(22)23)19-7-9-24-10-8-19/h1-6,11H,7-10H2. The van der Waals surface area contributed by atoms with Crippen LogP contribution in [0.4, 0.5) is 11.4 Å². The molecule has 0 aliphatic carbocycles. The number of halogens is 1. The van der Waals surface area contributed by atoms with E-state index in [2.05, 4.69) is 15.9 Å². The van der Waals surface area contributed by atoms with E-state index in [0.717, 1.165) is 4.47 Å². The van der Waals surface area contributed by atoms with Gasteiger partial charge in [0, 0.05) is 34.8 Å². The fourth-order valence-electron chi connectivity index (χ4n) is 2.65. The second-order valence-electron chi connectivity index (χ2n) is 5.40. The van der Waals surface area contributed by atoms with Gasteiger partial charge in [-0.05, 0) is 36.4 Å². The largest absolute Gasteiger partial charge is 0.378 e. The monoisotopic (exact) mass is 390 g/mol. The fourth-order valence-corrected chi connectivity index (χ4v) is 2.91. The van der Waals surface area contributed by atoms with Gasteiger partial charge < -0.3 is 9.64 Å². The molecule has 24 heavy (non-hydrogen) atoms. The summed E-state index contributed by atoms with van der Waals surface area (Å²) in [5.74, 6) is -0.237. The maximum Gasteiger partial charge on any atom is 0.293 e. The molecule has 1 fully saturated rings. The lowest BCUT2D eigenvalue weighted by Gasteiger charge is -2.28. The molecule has 0 spiro atoms. The van der Waals surface area contributed by atoms with E-state index >= 15 is 0 Å². The van der Waals surface area contributed by atoms with Crippen molar-refractivity contribution in [3.63, 3.8) is 0 Å². The SMILES string of the molecule is O=C(c1ccc(Br)cc1)c1ccc(N2CCOCC2)c([N+](=O)[O-])c1. The number of rotatable bonds is 4. The maximum absolute atomic E-state index is 12.5. The molecule has 0 saturated carbocycles. The molecule has 0 atom stereocenters. The summed E-state index contributed by atoms with van der Waals surface area (Å²) in [6.45, 7) is 2.27. The Hall–Kier alpha value is -2.25. The van der Waals surface area contributed by atoms with E-state index < -0.39 is 4.92 Å². The molecular weight excluding hydrogens is 376 g/mol. The maximum atomic E-state index is 12.5. The van der Waals surface area contributed by atoms with Gasteiger partial charge in [0.05, 0.1) is 18.1 Å². The van der Waals surface area contributed by atoms with Gasteiger partial charge in [0.1, 0.15) is 5.69 Å². The van der Waals surface area contributed by atoms with Crippen LogP contribution in [0.2, 0.25) is 0 Å². The van der Waals surface area contributed by atoms with Crippen molar-refractivity contribution >= 4 is 33.1 Å². The molecule has 7 heteroatoms. The van der Waals surface area contributed by atoms with Gasteiger partial charge in [0.25, 0.3) is 5.69 Å². The average molecular weight is 391 g/mol. The molecule has 1 heterocycles. The van der Waals surface area contributed by atoms with E-state index in [1.807, 2.05) is 4.90 Å². The van der Waals surface area contributed by atoms with Crippen LogP contribution >= 0.6 is 15.9 Å². The Balaban J connectivity index is 1.95. The van der Waals surface area contributed by atoms with Crippen molar-refractivity contribution in [2.24, 2.45) is 0 Å². The molecule has 3 rings (SSSR count). The molecule has 0 amide bonds. The first-order valence-corrected chi connectivity index (χ1v) is 8.27. The second kappa shape index (κ2) is 7.11. The fraction of sp³-hybridized carbons (Fsp3) is 0.235. The topological polar surface area (TPSA) is 72.7 Å². The molecule has 1 saturated heterocycles. The normalized spacial score (nSPS) is 14.5. The van der Waals surface area contributed by atoms with E-state index in [1.165, 1.54) is 6.07 Å². The first-order valence-electron chi connectivity index (χ1n) is 7.47. The minimum absolute atomic E-state index is 0.0557. The average Bonchev–Trinajstić information content (AvgIpc) is 2.62. The van der Waals surface area contributed by atoms with Crippen LogP contribution in [-0.4, -0.2) is 37.0 Å². The van der Waals surface area contributed by atoms with E-state index in [0.29, 0.717) is 43.1 Å². The lowest BCUT2D eigenvalue weighted by atomic mass is 10.0. The van der Waals surface area contributed by atoms with Crippen LogP contribution in [0.1, 0.15) is 15.9 Å². The molecule has 0 N–H and O–H groups in total. The molecular formula is C17H15BrN2O4. The van der Waals surface area contributed by atoms with Crippen LogP contribution in [-0.2, 0) is 4.74 Å². The van der Waals surface area contributed by atoms with Crippen LogP contribution in [0.5, 0.6) is 0 Å². The Kier molecular flexibility index (Phi) is 4.92. The molecule has 2 aromatic carbocycles. The number of nitro groups is 1. The van der Waals surface area contributed by atoms with Crippen LogP contribution in [0, 0.1) is 10.1 Å². The third-order valence-corrected chi connectivity index (χ3v) is 4.42. The predicted molar refractivity (Wildman–Crippen MR) is 93.7 cm³/mol. The summed E-state index contributed by atoms with van der Waals surface area (Å²) in [6.07, 6.45) is 0. The predicted octanol–water partition coefficient (Wildman–Crippen LogP) is 3.42. The molecule has 0 unspecified atom stereocenters. The number of nitrogens with zero attached hydrogens (tertiary/aromatic N) is 2. The Morgan fingerprint density at radius 1 is 1.08 bits per heavy atom. The molecule has 1 aliphatic heterocycles. The highest BCUT2D eigenvalue weighted by atomic mass is 79.9. The Morgan fingerprint density at radius 2 is 1.71 bits per heavy atom. The number of ketones is 1. The highest BCUT2D eigenvalue weighted by Crippen LogP contribution is 2.30. The van der Waals surface area contributed by atoms with Gasteiger partial charge in [-0.3, -0.25) is 14.9 Å². The van der Waals surface area contributed by atoms with Gasteiger partial charge in [-0.15, -0.1) is 0 Å². The van der Waals surface area contributed by atoms with Gasteiger partial charge in [-0.1, -0.05) is 15.9 Å². The van der Waals surface area contributed by atoms with E-state index in [1.54, 1.807) is 36.4 Å². The van der Waals surface area contributed by atoms with Crippen molar-refractivity contribution in [2.75, 3.05) is 31.2 Å². The molecule has 6 nitrogen and oxygen atoms in total. The smallest absolute Gasteiger partial charge is 0.293 e. The summed E-state index contributed by atoms with van der Waals surface area (Å²) in [5.41, 5.74) is 1.27. The quantitative estimate of drug-likeness (QED) is 0.454. The first kappa shape index (κ1) is 16.6. The molecule has 0 radical (unpaired) electrons. The highest BCUT2D eigenvalue weighted by molar-refractivity contribution is 9.10. The van der Waals surface area contributed by atoms with Gasteiger partial charge in [0.15, 0.2) is 5.78 Å². The van der Waals surface area contributed by atoms with Crippen molar-refractivity contribution in [3.05, 3.63) is 68.2 Å². The molecule has 0 bridgehead atoms. The number of ether oxygens (including phenoxy) is 1. The van der Waals surface area contributed by atoms with Crippen molar-refractivity contribution in [1.29, 1.82) is 0 Å². The second-order valence-corrected chi connectivity index (χ2v) is 6.31. The number of carbonyl (C=O) groups excluding carboxylic acids is 1. The van der Waals surface area contributed by atoms with Crippen molar-refractivity contribution < 1.29 is 14.5 Å². The number of benzene rings is 2. The number of anilines is 1. The Morgan fingerprint density at radius 3 is 2.33 bits per heavy atom. The van der Waals surface area contributed by atoms with E-state index in [-0.39, 0.29) is 11.5 Å². The Labute approximate surface area is 147 Å². The molecule has 1 aliphatic rings. The summed E-state index contributed by atoms with van der Waals surface area (Å²) < 4.78 is 6.15. The highest BCUT2D eigenvalue weighted by Gasteiger charge is 2.23. The van der Waals surface area contributed by atoms with Gasteiger partial charge in [-0.25, -0.2) is 0 Å². The third kappa shape index (κ3) is 3.47. The van der Waals surface area contributed by atoms with Crippen LogP contribution in [0.3, 0.4) is 0 Å². The number of carbonyl (C=O) groups is 1. The van der Waals surface area contributed by atoms with Crippen LogP contribution in [0.25, 0.3) is 0 Å². The number of morpholine rings is 1. The van der Waals surface area contributed by atoms with Gasteiger partial charge in [-0.2, -0.15) is 0 Å². The summed E-state index contributed by atoms with van der Waals surface area (Å²) in [6, 6.07) is 11.6. The Bertz CT molecular complexity index is 771. The lowest BCUT2D eigenvalue weighted by Crippen LogP contribution is -2.36. The van der Waals surface area contributed by atoms with E-state index in [9.17, 15) is 14.9 Å². The molecule has 2 aromatic rings. The van der Waals surface area contributed by atoms with Crippen molar-refractivity contribution in [2.45, 2.75) is 0 Å². The summed E-state index contributed by atoms with van der Waals surface area (Å²) >= 11 is 3.32. The van der Waals surface area contributed by atoms with Gasteiger partial charge in [0.2, 0.25) is 0 Å².